The molecule has 8 nitrogen and oxygen atoms in total. The number of aromatic nitrogens is 1. The number of fused-ring (bicyclic) bond motifs is 1. The van der Waals surface area contributed by atoms with Crippen LogP contribution < -0.4 is 16.0 Å². The average Bonchev–Trinajstić information content (AvgIpc) is 2.68. The van der Waals surface area contributed by atoms with Crippen LogP contribution in [0.2, 0.25) is 0 Å². The number of carboxylic acids is 1. The smallest absolute Gasteiger partial charge is 0.335 e. The molecule has 0 fully saturated rings. The fourth-order valence-electron chi connectivity index (χ4n) is 2.90. The highest BCUT2D eigenvalue weighted by atomic mass is 16.4. The van der Waals surface area contributed by atoms with Gasteiger partial charge in [-0.3, -0.25) is 10.1 Å². The van der Waals surface area contributed by atoms with E-state index in [1.54, 1.807) is 30.5 Å². The van der Waals surface area contributed by atoms with E-state index >= 15 is 0 Å². The van der Waals surface area contributed by atoms with Crippen LogP contribution in [0, 0.1) is 6.92 Å². The van der Waals surface area contributed by atoms with Crippen LogP contribution in [0.15, 0.2) is 48.7 Å². The van der Waals surface area contributed by atoms with Gasteiger partial charge in [-0.2, -0.15) is 0 Å². The van der Waals surface area contributed by atoms with Gasteiger partial charge in [0.1, 0.15) is 5.82 Å². The van der Waals surface area contributed by atoms with Crippen LogP contribution in [0.3, 0.4) is 0 Å². The first-order valence-electron chi connectivity index (χ1n) is 8.97. The third-order valence-corrected chi connectivity index (χ3v) is 4.25. The number of rotatable bonds is 5. The maximum Gasteiger partial charge on any atom is 0.335 e. The van der Waals surface area contributed by atoms with E-state index in [1.807, 2.05) is 13.8 Å². The number of aryl methyl sites for hydroxylation is 1. The molecule has 8 heteroatoms. The van der Waals surface area contributed by atoms with E-state index in [0.717, 1.165) is 16.3 Å². The average molecular weight is 392 g/mol. The van der Waals surface area contributed by atoms with E-state index < -0.39 is 11.9 Å². The Hall–Kier alpha value is -3.94. The van der Waals surface area contributed by atoms with Gasteiger partial charge in [0, 0.05) is 29.4 Å². The lowest BCUT2D eigenvalue weighted by atomic mass is 10.1. The second kappa shape index (κ2) is 8.39. The van der Waals surface area contributed by atoms with Crippen molar-refractivity contribution in [2.75, 3.05) is 17.2 Å². The largest absolute Gasteiger partial charge is 0.478 e. The molecule has 29 heavy (non-hydrogen) atoms. The van der Waals surface area contributed by atoms with Crippen LogP contribution in [0.4, 0.5) is 16.3 Å². The zero-order valence-corrected chi connectivity index (χ0v) is 15.9. The van der Waals surface area contributed by atoms with Crippen molar-refractivity contribution in [1.82, 2.24) is 10.3 Å². The van der Waals surface area contributed by atoms with E-state index in [-0.39, 0.29) is 17.2 Å². The van der Waals surface area contributed by atoms with Crippen molar-refractivity contribution in [3.63, 3.8) is 0 Å². The Morgan fingerprint density at radius 1 is 1.03 bits per heavy atom. The summed E-state index contributed by atoms with van der Waals surface area (Å²) in [4.78, 5) is 39.6. The number of carbonyl (C=O) groups excluding carboxylic acids is 2. The normalized spacial score (nSPS) is 10.4. The van der Waals surface area contributed by atoms with Crippen molar-refractivity contribution in [1.29, 1.82) is 0 Å². The second-order valence-corrected chi connectivity index (χ2v) is 6.41. The Bertz CT molecular complexity index is 1110. The van der Waals surface area contributed by atoms with Crippen LogP contribution >= 0.6 is 0 Å². The maximum absolute atomic E-state index is 12.5. The monoisotopic (exact) mass is 392 g/mol. The van der Waals surface area contributed by atoms with Gasteiger partial charge in [0.15, 0.2) is 0 Å². The first-order chi connectivity index (χ1) is 13.9. The molecule has 0 bridgehead atoms. The summed E-state index contributed by atoms with van der Waals surface area (Å²) in [5.74, 6) is -1.12. The van der Waals surface area contributed by atoms with Gasteiger partial charge in [0.05, 0.1) is 5.56 Å². The minimum absolute atomic E-state index is 0.0412. The zero-order valence-electron chi connectivity index (χ0n) is 15.9. The van der Waals surface area contributed by atoms with Gasteiger partial charge in [-0.05, 0) is 61.2 Å². The quantitative estimate of drug-likeness (QED) is 0.528. The minimum atomic E-state index is -1.10. The summed E-state index contributed by atoms with van der Waals surface area (Å²) in [6.07, 6.45) is 1.66. The number of benzene rings is 2. The van der Waals surface area contributed by atoms with Crippen molar-refractivity contribution in [2.24, 2.45) is 0 Å². The van der Waals surface area contributed by atoms with Crippen LogP contribution in [-0.2, 0) is 0 Å². The van der Waals surface area contributed by atoms with Gasteiger partial charge in [-0.25, -0.2) is 14.6 Å². The van der Waals surface area contributed by atoms with Crippen LogP contribution in [0.1, 0.15) is 33.2 Å². The highest BCUT2D eigenvalue weighted by Gasteiger charge is 2.11. The maximum atomic E-state index is 12.5. The van der Waals surface area contributed by atoms with Crippen LogP contribution in [0.5, 0.6) is 0 Å². The lowest BCUT2D eigenvalue weighted by Gasteiger charge is -2.11. The summed E-state index contributed by atoms with van der Waals surface area (Å²) in [5.41, 5.74) is 1.74. The van der Waals surface area contributed by atoms with E-state index in [1.165, 1.54) is 18.2 Å². The van der Waals surface area contributed by atoms with E-state index in [0.29, 0.717) is 18.1 Å². The summed E-state index contributed by atoms with van der Waals surface area (Å²) in [6.45, 7) is 4.21. The molecule has 0 unspecified atom stereocenters. The fourth-order valence-corrected chi connectivity index (χ4v) is 2.90. The predicted octanol–water partition coefficient (Wildman–Crippen LogP) is 3.64. The van der Waals surface area contributed by atoms with Gasteiger partial charge in [0.25, 0.3) is 5.91 Å². The van der Waals surface area contributed by atoms with Crippen molar-refractivity contribution in [3.8, 4) is 0 Å². The number of hydrogen-bond acceptors (Lipinski definition) is 4. The van der Waals surface area contributed by atoms with Crippen LogP contribution in [0.25, 0.3) is 10.8 Å². The molecule has 0 aliphatic heterocycles. The number of amides is 3. The number of aromatic carboxylic acids is 1. The number of nitrogens with zero attached hydrogens (tertiary/aromatic N) is 1. The summed E-state index contributed by atoms with van der Waals surface area (Å²) in [7, 11) is 0. The standard InChI is InChI=1S/C21H20N4O4/c1-3-22-21(29)25-18-10-15-9-16(7-12(2)17(15)11-23-18)24-19(26)13-5-4-6-14(8-13)20(27)28/h4-11H,3H2,1-2H3,(H,24,26)(H,27,28)(H2,22,23,25,29). The molecule has 0 saturated heterocycles. The topological polar surface area (TPSA) is 120 Å². The molecular weight excluding hydrogens is 372 g/mol. The number of hydrogen-bond donors (Lipinski definition) is 4. The lowest BCUT2D eigenvalue weighted by molar-refractivity contribution is 0.0697. The molecule has 0 aliphatic rings. The lowest BCUT2D eigenvalue weighted by Crippen LogP contribution is -2.28. The van der Waals surface area contributed by atoms with E-state index in [9.17, 15) is 14.4 Å². The highest BCUT2D eigenvalue weighted by molar-refractivity contribution is 6.06. The SMILES string of the molecule is CCNC(=O)Nc1cc2cc(NC(=O)c3cccc(C(=O)O)c3)cc(C)c2cn1. The van der Waals surface area contributed by atoms with Gasteiger partial charge >= 0.3 is 12.0 Å². The Balaban J connectivity index is 1.87. The molecule has 1 heterocycles. The third-order valence-electron chi connectivity index (χ3n) is 4.25. The molecule has 0 radical (unpaired) electrons. The Morgan fingerprint density at radius 3 is 2.52 bits per heavy atom. The molecule has 3 rings (SSSR count). The first-order valence-corrected chi connectivity index (χ1v) is 8.97. The fraction of sp³-hybridized carbons (Fsp3) is 0.143. The number of pyridine rings is 1. The summed E-state index contributed by atoms with van der Waals surface area (Å²) < 4.78 is 0. The summed E-state index contributed by atoms with van der Waals surface area (Å²) >= 11 is 0. The Kier molecular flexibility index (Phi) is 5.73. The second-order valence-electron chi connectivity index (χ2n) is 6.41. The van der Waals surface area contributed by atoms with Crippen LogP contribution in [-0.4, -0.2) is 34.5 Å². The molecule has 0 aliphatic carbocycles. The van der Waals surface area contributed by atoms with E-state index in [2.05, 4.69) is 20.9 Å². The first kappa shape index (κ1) is 19.8. The molecule has 3 amide bonds. The van der Waals surface area contributed by atoms with Crippen molar-refractivity contribution >= 4 is 40.2 Å². The Morgan fingerprint density at radius 2 is 1.79 bits per heavy atom. The number of anilines is 2. The molecule has 3 aromatic rings. The molecule has 0 atom stereocenters. The van der Waals surface area contributed by atoms with Crippen molar-refractivity contribution < 1.29 is 19.5 Å². The zero-order chi connectivity index (χ0) is 21.0. The van der Waals surface area contributed by atoms with Gasteiger partial charge < -0.3 is 15.7 Å². The van der Waals surface area contributed by atoms with E-state index in [4.69, 9.17) is 5.11 Å². The molecule has 1 aromatic heterocycles. The van der Waals surface area contributed by atoms with Gasteiger partial charge in [0.2, 0.25) is 0 Å². The number of carbonyl (C=O) groups is 3. The van der Waals surface area contributed by atoms with Crippen molar-refractivity contribution in [3.05, 3.63) is 65.4 Å². The molecular formula is C21H20N4O4. The molecule has 4 N–H and O–H groups in total. The highest BCUT2D eigenvalue weighted by Crippen LogP contribution is 2.25. The predicted molar refractivity (Wildman–Crippen MR) is 111 cm³/mol. The number of urea groups is 1. The molecule has 148 valence electrons. The molecule has 0 saturated carbocycles. The molecule has 0 spiro atoms. The van der Waals surface area contributed by atoms with Gasteiger partial charge in [-0.1, -0.05) is 6.07 Å². The summed E-state index contributed by atoms with van der Waals surface area (Å²) in [6, 6.07) is 10.8. The molecule has 2 aromatic carbocycles. The summed E-state index contributed by atoms with van der Waals surface area (Å²) in [5, 5.41) is 18.8. The van der Waals surface area contributed by atoms with Gasteiger partial charge in [-0.15, -0.1) is 0 Å². The Labute approximate surface area is 167 Å². The minimum Gasteiger partial charge on any atom is -0.478 e. The number of carboxylic acid groups (broad SMARTS) is 1. The van der Waals surface area contributed by atoms with Crippen molar-refractivity contribution in [2.45, 2.75) is 13.8 Å². The number of nitrogens with one attached hydrogen (secondary N) is 3. The third kappa shape index (κ3) is 4.67.